The van der Waals surface area contributed by atoms with E-state index in [1.807, 2.05) is 0 Å². The number of benzene rings is 1. The van der Waals surface area contributed by atoms with Crippen LogP contribution in [0.4, 0.5) is 0 Å². The molecule has 1 rings (SSSR count). The molecule has 0 atom stereocenters. The number of halogens is 2. The van der Waals surface area contributed by atoms with E-state index in [1.54, 1.807) is 18.2 Å². The van der Waals surface area contributed by atoms with E-state index in [0.717, 1.165) is 0 Å². The molecule has 0 fully saturated rings. The summed E-state index contributed by atoms with van der Waals surface area (Å²) < 4.78 is 0.635. The fourth-order valence-electron chi connectivity index (χ4n) is 0.936. The minimum atomic E-state index is -0.244. The lowest BCUT2D eigenvalue weighted by Crippen LogP contribution is -2.32. The van der Waals surface area contributed by atoms with E-state index in [0.29, 0.717) is 15.1 Å². The van der Waals surface area contributed by atoms with Crippen molar-refractivity contribution in [2.75, 3.05) is 6.54 Å². The largest absolute Gasteiger partial charge is 0.392 e. The van der Waals surface area contributed by atoms with Crippen LogP contribution in [0.1, 0.15) is 10.4 Å². The van der Waals surface area contributed by atoms with Crippen LogP contribution in [0.3, 0.4) is 0 Å². The van der Waals surface area contributed by atoms with Crippen LogP contribution in [0.25, 0.3) is 0 Å². The zero-order chi connectivity index (χ0) is 11.4. The Morgan fingerprint density at radius 3 is 2.80 bits per heavy atom. The number of amides is 1. The van der Waals surface area contributed by atoms with Gasteiger partial charge in [-0.25, -0.2) is 0 Å². The van der Waals surface area contributed by atoms with Crippen molar-refractivity contribution in [3.63, 3.8) is 0 Å². The van der Waals surface area contributed by atoms with Crippen molar-refractivity contribution in [3.05, 3.63) is 33.3 Å². The summed E-state index contributed by atoms with van der Waals surface area (Å²) in [5.41, 5.74) is 5.76. The summed E-state index contributed by atoms with van der Waals surface area (Å²) in [5.74, 6) is -0.244. The van der Waals surface area contributed by atoms with Gasteiger partial charge in [0.2, 0.25) is 0 Å². The summed E-state index contributed by atoms with van der Waals surface area (Å²) in [6, 6.07) is 4.92. The molecule has 0 radical (unpaired) electrons. The van der Waals surface area contributed by atoms with Crippen molar-refractivity contribution in [2.24, 2.45) is 5.73 Å². The van der Waals surface area contributed by atoms with Gasteiger partial charge >= 0.3 is 0 Å². The van der Waals surface area contributed by atoms with Crippen molar-refractivity contribution < 1.29 is 4.79 Å². The second kappa shape index (κ2) is 5.44. The van der Waals surface area contributed by atoms with Crippen LogP contribution in [0.2, 0.25) is 5.02 Å². The lowest BCUT2D eigenvalue weighted by Gasteiger charge is -2.05. The Bertz CT molecular complexity index is 411. The van der Waals surface area contributed by atoms with E-state index in [9.17, 15) is 4.79 Å². The molecule has 3 N–H and O–H groups in total. The Morgan fingerprint density at radius 2 is 2.27 bits per heavy atom. The number of rotatable bonds is 3. The van der Waals surface area contributed by atoms with Gasteiger partial charge < -0.3 is 11.1 Å². The summed E-state index contributed by atoms with van der Waals surface area (Å²) in [4.78, 5) is 11.8. The lowest BCUT2D eigenvalue weighted by atomic mass is 10.2. The molecule has 0 saturated carbocycles. The predicted octanol–water partition coefficient (Wildman–Crippen LogP) is 2.12. The highest BCUT2D eigenvalue weighted by atomic mass is 79.9. The van der Waals surface area contributed by atoms with Crippen LogP contribution in [0.15, 0.2) is 22.7 Å². The average Bonchev–Trinajstić information content (AvgIpc) is 2.14. The molecule has 0 saturated heterocycles. The molecule has 0 unspecified atom stereocenters. The second-order valence-corrected chi connectivity index (χ2v) is 4.59. The Kier molecular flexibility index (Phi) is 4.50. The number of carbonyl (C=O) groups excluding carboxylic acids is 1. The zero-order valence-electron chi connectivity index (χ0n) is 7.59. The number of hydrogen-bond acceptors (Lipinski definition) is 2. The molecule has 15 heavy (non-hydrogen) atoms. The molecular formula is C9H8BrClN2OS. The normalized spacial score (nSPS) is 9.73. The third-order valence-corrected chi connectivity index (χ3v) is 2.63. The van der Waals surface area contributed by atoms with Gasteiger partial charge in [-0.15, -0.1) is 0 Å². The number of carbonyl (C=O) groups is 1. The maximum absolute atomic E-state index is 11.6. The lowest BCUT2D eigenvalue weighted by molar-refractivity contribution is 0.0958. The van der Waals surface area contributed by atoms with E-state index in [4.69, 9.17) is 17.3 Å². The molecule has 1 aromatic rings. The van der Waals surface area contributed by atoms with Crippen LogP contribution >= 0.6 is 39.7 Å². The van der Waals surface area contributed by atoms with Gasteiger partial charge in [-0.3, -0.25) is 4.79 Å². The highest BCUT2D eigenvalue weighted by Gasteiger charge is 2.09. The molecule has 0 heterocycles. The number of thiocarbonyl (C=S) groups is 1. The molecule has 6 heteroatoms. The van der Waals surface area contributed by atoms with Gasteiger partial charge in [0.05, 0.1) is 17.1 Å². The minimum absolute atomic E-state index is 0.184. The van der Waals surface area contributed by atoms with E-state index < -0.39 is 0 Å². The zero-order valence-corrected chi connectivity index (χ0v) is 10.7. The van der Waals surface area contributed by atoms with Crippen LogP contribution in [0, 0.1) is 0 Å². The molecular weight excluding hydrogens is 300 g/mol. The van der Waals surface area contributed by atoms with Gasteiger partial charge in [-0.1, -0.05) is 23.8 Å². The van der Waals surface area contributed by atoms with Crippen LogP contribution in [0.5, 0.6) is 0 Å². The van der Waals surface area contributed by atoms with Gasteiger partial charge in [-0.05, 0) is 34.1 Å². The minimum Gasteiger partial charge on any atom is -0.392 e. The maximum atomic E-state index is 11.6. The first-order valence-electron chi connectivity index (χ1n) is 4.02. The van der Waals surface area contributed by atoms with Crippen LogP contribution in [-0.4, -0.2) is 17.4 Å². The highest BCUT2D eigenvalue weighted by molar-refractivity contribution is 9.10. The number of hydrogen-bond donors (Lipinski definition) is 2. The number of nitrogens with two attached hydrogens (primary N) is 1. The van der Waals surface area contributed by atoms with E-state index in [1.165, 1.54) is 0 Å². The van der Waals surface area contributed by atoms with Gasteiger partial charge in [0.1, 0.15) is 0 Å². The summed E-state index contributed by atoms with van der Waals surface area (Å²) in [6.45, 7) is 0.184. The van der Waals surface area contributed by atoms with Crippen molar-refractivity contribution in [2.45, 2.75) is 0 Å². The molecule has 0 aromatic heterocycles. The van der Waals surface area contributed by atoms with Gasteiger partial charge in [0, 0.05) is 9.50 Å². The second-order valence-electron chi connectivity index (χ2n) is 2.77. The molecule has 0 aliphatic carbocycles. The summed E-state index contributed by atoms with van der Waals surface area (Å²) in [6.07, 6.45) is 0. The number of nitrogens with one attached hydrogen (secondary N) is 1. The summed E-state index contributed by atoms with van der Waals surface area (Å²) in [7, 11) is 0. The molecule has 1 amide bonds. The highest BCUT2D eigenvalue weighted by Crippen LogP contribution is 2.21. The van der Waals surface area contributed by atoms with E-state index in [2.05, 4.69) is 33.5 Å². The topological polar surface area (TPSA) is 55.1 Å². The Labute approximate surface area is 106 Å². The first-order valence-corrected chi connectivity index (χ1v) is 5.60. The molecule has 0 spiro atoms. The quantitative estimate of drug-likeness (QED) is 0.841. The van der Waals surface area contributed by atoms with Crippen molar-refractivity contribution in [1.82, 2.24) is 5.32 Å². The molecule has 0 aliphatic rings. The average molecular weight is 308 g/mol. The Morgan fingerprint density at radius 1 is 1.60 bits per heavy atom. The molecule has 80 valence electrons. The third-order valence-electron chi connectivity index (χ3n) is 1.60. The predicted molar refractivity (Wildman–Crippen MR) is 68.3 cm³/mol. The smallest absolute Gasteiger partial charge is 0.252 e. The summed E-state index contributed by atoms with van der Waals surface area (Å²) >= 11 is 13.6. The standard InChI is InChI=1S/C9H8BrClN2OS/c10-7-3-5(11)1-2-6(7)9(14)13-4-8(12)15/h1-3H,4H2,(H2,12,15)(H,13,14). The van der Waals surface area contributed by atoms with Crippen LogP contribution in [-0.2, 0) is 0 Å². The van der Waals surface area contributed by atoms with Crippen LogP contribution < -0.4 is 11.1 Å². The monoisotopic (exact) mass is 306 g/mol. The fourth-order valence-corrected chi connectivity index (χ4v) is 1.87. The third kappa shape index (κ3) is 3.77. The van der Waals surface area contributed by atoms with E-state index >= 15 is 0 Å². The molecule has 1 aromatic carbocycles. The van der Waals surface area contributed by atoms with Crippen molar-refractivity contribution in [3.8, 4) is 0 Å². The van der Waals surface area contributed by atoms with Gasteiger partial charge in [0.25, 0.3) is 5.91 Å². The SMILES string of the molecule is NC(=S)CNC(=O)c1ccc(Cl)cc1Br. The van der Waals surface area contributed by atoms with Crippen molar-refractivity contribution in [1.29, 1.82) is 0 Å². The maximum Gasteiger partial charge on any atom is 0.252 e. The molecule has 3 nitrogen and oxygen atoms in total. The van der Waals surface area contributed by atoms with E-state index in [-0.39, 0.29) is 17.4 Å². The Balaban J connectivity index is 2.78. The Hall–Kier alpha value is -0.650. The van der Waals surface area contributed by atoms with Gasteiger partial charge in [0.15, 0.2) is 0 Å². The summed E-state index contributed by atoms with van der Waals surface area (Å²) in [5, 5.41) is 3.14. The first-order chi connectivity index (χ1) is 7.00. The molecule has 0 aliphatic heterocycles. The fraction of sp³-hybridized carbons (Fsp3) is 0.111. The first kappa shape index (κ1) is 12.4. The van der Waals surface area contributed by atoms with Gasteiger partial charge in [-0.2, -0.15) is 0 Å². The van der Waals surface area contributed by atoms with Crippen molar-refractivity contribution >= 4 is 50.6 Å². The molecule has 0 bridgehead atoms.